The van der Waals surface area contributed by atoms with Gasteiger partial charge in [-0.15, -0.1) is 0 Å². The molecule has 48 valence electrons. The van der Waals surface area contributed by atoms with Crippen LogP contribution in [0.4, 0.5) is 0 Å². The molecule has 0 aliphatic carbocycles. The van der Waals surface area contributed by atoms with Crippen LogP contribution in [0.3, 0.4) is 0 Å². The molecule has 0 unspecified atom stereocenters. The molecular formula is C8H9Br. The van der Waals surface area contributed by atoms with Gasteiger partial charge < -0.3 is 0 Å². The van der Waals surface area contributed by atoms with Crippen LogP contribution in [0.1, 0.15) is 24.8 Å². The van der Waals surface area contributed by atoms with Gasteiger partial charge in [0.15, 0.2) is 0 Å². The number of benzene rings is 1. The molecule has 0 heterocycles. The zero-order valence-electron chi connectivity index (χ0n) is 13.4. The van der Waals surface area contributed by atoms with Gasteiger partial charge in [-0.2, -0.15) is 0 Å². The minimum Gasteiger partial charge on any atom is -0.0613 e. The fourth-order valence-electron chi connectivity index (χ4n) is 0.383. The van der Waals surface area contributed by atoms with Gasteiger partial charge >= 0.3 is 0 Å². The Morgan fingerprint density at radius 2 is 2.78 bits per heavy atom. The van der Waals surface area contributed by atoms with Crippen molar-refractivity contribution in [1.82, 2.24) is 0 Å². The van der Waals surface area contributed by atoms with E-state index in [2.05, 4.69) is 15.9 Å². The third kappa shape index (κ3) is 1.83. The van der Waals surface area contributed by atoms with Crippen molar-refractivity contribution in [3.63, 3.8) is 0 Å². The first-order valence-electron chi connectivity index (χ1n) is 6.69. The summed E-state index contributed by atoms with van der Waals surface area (Å²) >= 11 is 2.85. The predicted octanol–water partition coefficient (Wildman–Crippen LogP) is 3.01. The summed E-state index contributed by atoms with van der Waals surface area (Å²) in [6.45, 7) is -3.06. The minimum atomic E-state index is -3.06. The van der Waals surface area contributed by atoms with Crippen LogP contribution in [-0.4, -0.2) is 0 Å². The summed E-state index contributed by atoms with van der Waals surface area (Å²) in [4.78, 5) is 0. The maximum atomic E-state index is 7.65. The first-order chi connectivity index (χ1) is 7.93. The second-order valence-electron chi connectivity index (χ2n) is 1.31. The van der Waals surface area contributed by atoms with Crippen LogP contribution in [0, 0.1) is 0 Å². The largest absolute Gasteiger partial charge is 0.0638 e. The molecule has 1 aromatic carbocycles. The molecule has 0 amide bonds. The highest BCUT2D eigenvalue weighted by molar-refractivity contribution is 9.10. The fraction of sp³-hybridized carbons (Fsp3) is 0.250. The van der Waals surface area contributed by atoms with E-state index in [1.165, 1.54) is 0 Å². The Labute approximate surface area is 76.7 Å². The van der Waals surface area contributed by atoms with E-state index >= 15 is 0 Å². The fourth-order valence-corrected chi connectivity index (χ4v) is 0.681. The zero-order valence-corrected chi connectivity index (χ0v) is 5.96. The smallest absolute Gasteiger partial charge is 0.0613 e. The van der Waals surface area contributed by atoms with Crippen LogP contribution in [0.5, 0.6) is 0 Å². The predicted molar refractivity (Wildman–Crippen MR) is 43.5 cm³/mol. The van der Waals surface area contributed by atoms with E-state index in [9.17, 15) is 0 Å². The highest BCUT2D eigenvalue weighted by Crippen LogP contribution is 2.11. The van der Waals surface area contributed by atoms with Crippen molar-refractivity contribution in [3.8, 4) is 0 Å². The molecule has 1 aromatic rings. The van der Waals surface area contributed by atoms with E-state index in [-0.39, 0.29) is 4.47 Å². The molecule has 0 spiro atoms. The van der Waals surface area contributed by atoms with Crippen LogP contribution in [0.15, 0.2) is 28.6 Å². The van der Waals surface area contributed by atoms with Crippen molar-refractivity contribution >= 4 is 15.9 Å². The molecule has 1 rings (SSSR count). The van der Waals surface area contributed by atoms with E-state index in [1.807, 2.05) is 0 Å². The van der Waals surface area contributed by atoms with Crippen LogP contribution in [-0.2, 0) is 6.37 Å². The SMILES string of the molecule is [2H]c1c([2H])c(Br)c([2H])c(C([2H])([2H])C([2H])([2H])[2H])c1[2H]. The molecule has 0 radical (unpaired) electrons. The third-order valence-corrected chi connectivity index (χ3v) is 1.12. The number of rotatable bonds is 1. The van der Waals surface area contributed by atoms with Gasteiger partial charge in [-0.3, -0.25) is 0 Å². The van der Waals surface area contributed by atoms with E-state index < -0.39 is 43.0 Å². The van der Waals surface area contributed by atoms with Crippen LogP contribution in [0.2, 0.25) is 0 Å². The maximum absolute atomic E-state index is 7.65. The Morgan fingerprint density at radius 3 is 3.56 bits per heavy atom. The normalized spacial score (nSPS) is 27.0. The first-order valence-corrected chi connectivity index (χ1v) is 2.98. The van der Waals surface area contributed by atoms with Crippen LogP contribution in [0.25, 0.3) is 0 Å². The molecule has 9 heavy (non-hydrogen) atoms. The summed E-state index contributed by atoms with van der Waals surface area (Å²) in [7, 11) is 0. The molecule has 0 N–H and O–H groups in total. The van der Waals surface area contributed by atoms with E-state index in [0.717, 1.165) is 0 Å². The molecule has 0 saturated heterocycles. The minimum absolute atomic E-state index is 0.188. The Bertz CT molecular complexity index is 461. The monoisotopic (exact) mass is 193 g/mol. The average molecular weight is 194 g/mol. The van der Waals surface area contributed by atoms with Gasteiger partial charge in [0, 0.05) is 11.3 Å². The standard InChI is InChI=1S/C8H9Br/c1-2-7-4-3-5-8(9)6-7/h3-6H,2H2,1H3/i1D3,2D2,3D,4D,5D,6D. The summed E-state index contributed by atoms with van der Waals surface area (Å²) in [5.41, 5.74) is -0.699. The molecule has 0 fully saturated rings. The second kappa shape index (κ2) is 3.02. The third-order valence-electron chi connectivity index (χ3n) is 0.719. The molecule has 0 atom stereocenters. The van der Waals surface area contributed by atoms with Gasteiger partial charge in [0.25, 0.3) is 0 Å². The molecule has 0 aliphatic rings. The lowest BCUT2D eigenvalue weighted by Gasteiger charge is -1.94. The number of halogens is 1. The van der Waals surface area contributed by atoms with Crippen molar-refractivity contribution in [2.45, 2.75) is 13.2 Å². The number of hydrogen-bond acceptors (Lipinski definition) is 0. The summed E-state index contributed by atoms with van der Waals surface area (Å²) in [5, 5.41) is 0. The lowest BCUT2D eigenvalue weighted by atomic mass is 10.2. The van der Waals surface area contributed by atoms with Crippen molar-refractivity contribution < 1.29 is 12.3 Å². The van der Waals surface area contributed by atoms with Crippen molar-refractivity contribution in [3.05, 3.63) is 34.2 Å². The van der Waals surface area contributed by atoms with Gasteiger partial charge in [0.05, 0.1) is 5.48 Å². The summed E-state index contributed by atoms with van der Waals surface area (Å²) in [6.07, 6.45) is -2.92. The van der Waals surface area contributed by atoms with Gasteiger partial charge in [-0.05, 0) is 24.0 Å². The van der Waals surface area contributed by atoms with Crippen LogP contribution >= 0.6 is 15.9 Å². The topological polar surface area (TPSA) is 0 Å². The summed E-state index contributed by atoms with van der Waals surface area (Å²) in [6, 6.07) is -2.37. The lowest BCUT2D eigenvalue weighted by Crippen LogP contribution is -1.76. The Morgan fingerprint density at radius 1 is 1.89 bits per heavy atom. The van der Waals surface area contributed by atoms with Gasteiger partial charge in [0.1, 0.15) is 0 Å². The Kier molecular flexibility index (Phi) is 0.552. The van der Waals surface area contributed by atoms with Gasteiger partial charge in [-0.1, -0.05) is 34.9 Å². The molecule has 0 saturated carbocycles. The molecule has 0 aliphatic heterocycles. The average Bonchev–Trinajstić information content (AvgIpc) is 2.22. The van der Waals surface area contributed by atoms with Gasteiger partial charge in [0.2, 0.25) is 0 Å². The quantitative estimate of drug-likeness (QED) is 0.644. The molecule has 0 aromatic heterocycles. The first kappa shape index (κ1) is 1.65. The van der Waals surface area contributed by atoms with Crippen molar-refractivity contribution in [2.24, 2.45) is 0 Å². The van der Waals surface area contributed by atoms with E-state index in [1.54, 1.807) is 0 Å². The molecule has 0 bridgehead atoms. The highest BCUT2D eigenvalue weighted by atomic mass is 79.9. The molecule has 1 heteroatoms. The Hall–Kier alpha value is -0.300. The van der Waals surface area contributed by atoms with Crippen molar-refractivity contribution in [1.29, 1.82) is 0 Å². The van der Waals surface area contributed by atoms with E-state index in [0.29, 0.717) is 0 Å². The molecule has 0 nitrogen and oxygen atoms in total. The lowest BCUT2D eigenvalue weighted by molar-refractivity contribution is 1.14. The number of hydrogen-bond donors (Lipinski definition) is 0. The van der Waals surface area contributed by atoms with Crippen molar-refractivity contribution in [2.75, 3.05) is 0 Å². The van der Waals surface area contributed by atoms with Gasteiger partial charge in [-0.25, -0.2) is 0 Å². The maximum Gasteiger partial charge on any atom is 0.0638 e. The zero-order chi connectivity index (χ0) is 14.5. The Balaban J connectivity index is 3.72. The summed E-state index contributed by atoms with van der Waals surface area (Å²) in [5.74, 6) is 0. The molecular weight excluding hydrogens is 176 g/mol. The second-order valence-corrected chi connectivity index (χ2v) is 2.11. The highest BCUT2D eigenvalue weighted by Gasteiger charge is 1.87. The van der Waals surface area contributed by atoms with Crippen LogP contribution < -0.4 is 0 Å². The van der Waals surface area contributed by atoms with E-state index in [4.69, 9.17) is 12.3 Å². The summed E-state index contributed by atoms with van der Waals surface area (Å²) < 4.78 is 66.5.